The number of amides is 1. The van der Waals surface area contributed by atoms with Gasteiger partial charge in [0.15, 0.2) is 17.9 Å². The van der Waals surface area contributed by atoms with Crippen molar-refractivity contribution in [1.82, 2.24) is 5.32 Å². The van der Waals surface area contributed by atoms with Gasteiger partial charge in [0, 0.05) is 12.5 Å². The molecule has 1 fully saturated rings. The van der Waals surface area contributed by atoms with E-state index in [0.717, 1.165) is 94.7 Å². The molecule has 2 aromatic carbocycles. The van der Waals surface area contributed by atoms with E-state index in [0.29, 0.717) is 18.6 Å². The van der Waals surface area contributed by atoms with Gasteiger partial charge in [-0.25, -0.2) is 8.78 Å². The first-order valence-electron chi connectivity index (χ1n) is 22.8. The first-order valence-corrected chi connectivity index (χ1v) is 22.8. The van der Waals surface area contributed by atoms with Crippen molar-refractivity contribution in [2.24, 2.45) is 0 Å². The van der Waals surface area contributed by atoms with Crippen LogP contribution in [0.3, 0.4) is 0 Å². The maximum Gasteiger partial charge on any atom is 0.220 e. The van der Waals surface area contributed by atoms with Crippen LogP contribution >= 0.6 is 0 Å². The number of hydrogen-bond donors (Lipinski definition) is 7. The molecule has 2 aromatic rings. The molecule has 8 atom stereocenters. The molecule has 60 heavy (non-hydrogen) atoms. The van der Waals surface area contributed by atoms with Gasteiger partial charge in [0.2, 0.25) is 5.91 Å². The van der Waals surface area contributed by atoms with Gasteiger partial charge in [-0.05, 0) is 55.5 Å². The Balaban J connectivity index is 1.32. The SMILES string of the molecule is CCCCCCCCCCCCCC[C@@H](O)[C@@H](O)[C@H](CO[C@H]1OC(CO)[C@H](O)C(O)[C@@H]1O)NC(=O)CCCCCCCCCCc1ccc(Oc2ccc(F)cc2F)cc1. The number of aliphatic hydroxyl groups excluding tert-OH is 6. The number of rotatable bonds is 33. The molecule has 1 aliphatic rings. The normalized spacial score (nSPS) is 20.8. The highest BCUT2D eigenvalue weighted by Gasteiger charge is 2.44. The van der Waals surface area contributed by atoms with Crippen LogP contribution in [-0.2, 0) is 20.7 Å². The second-order valence-corrected chi connectivity index (χ2v) is 16.6. The molecule has 1 saturated heterocycles. The molecule has 1 heterocycles. The first-order chi connectivity index (χ1) is 29.0. The fraction of sp³-hybridized carbons (Fsp3) is 0.723. The summed E-state index contributed by atoms with van der Waals surface area (Å²) in [6.07, 6.45) is 13.5. The van der Waals surface area contributed by atoms with Crippen LogP contribution in [0.2, 0.25) is 0 Å². The Kier molecular flexibility index (Phi) is 26.1. The number of ether oxygens (including phenoxy) is 3. The van der Waals surface area contributed by atoms with Gasteiger partial charge < -0.3 is 50.2 Å². The third-order valence-electron chi connectivity index (χ3n) is 11.5. The predicted molar refractivity (Wildman–Crippen MR) is 227 cm³/mol. The Morgan fingerprint density at radius 2 is 1.30 bits per heavy atom. The molecule has 0 aliphatic carbocycles. The third kappa shape index (κ3) is 20.0. The van der Waals surface area contributed by atoms with Crippen LogP contribution in [0.5, 0.6) is 11.5 Å². The van der Waals surface area contributed by atoms with Crippen LogP contribution in [0.1, 0.15) is 154 Å². The smallest absolute Gasteiger partial charge is 0.220 e. The van der Waals surface area contributed by atoms with E-state index in [1.54, 1.807) is 12.1 Å². The molecule has 342 valence electrons. The van der Waals surface area contributed by atoms with Crippen LogP contribution in [-0.4, -0.2) is 98.7 Å². The summed E-state index contributed by atoms with van der Waals surface area (Å²) >= 11 is 0. The summed E-state index contributed by atoms with van der Waals surface area (Å²) in [5, 5.41) is 65.1. The number of aryl methyl sites for hydroxylation is 1. The van der Waals surface area contributed by atoms with E-state index in [4.69, 9.17) is 14.2 Å². The number of hydrogen-bond acceptors (Lipinski definition) is 10. The molecule has 13 heteroatoms. The summed E-state index contributed by atoms with van der Waals surface area (Å²) in [5.41, 5.74) is 1.16. The zero-order chi connectivity index (χ0) is 43.5. The highest BCUT2D eigenvalue weighted by atomic mass is 19.1. The summed E-state index contributed by atoms with van der Waals surface area (Å²) < 4.78 is 43.7. The van der Waals surface area contributed by atoms with Gasteiger partial charge in [-0.2, -0.15) is 0 Å². The molecule has 0 aromatic heterocycles. The molecular weight excluding hydrogens is 777 g/mol. The fourth-order valence-corrected chi connectivity index (χ4v) is 7.63. The number of halogens is 2. The molecule has 0 spiro atoms. The second-order valence-electron chi connectivity index (χ2n) is 16.6. The van der Waals surface area contributed by atoms with E-state index >= 15 is 0 Å². The van der Waals surface area contributed by atoms with E-state index in [2.05, 4.69) is 12.2 Å². The number of aliphatic hydroxyl groups is 6. The summed E-state index contributed by atoms with van der Waals surface area (Å²) in [5.74, 6) is -1.25. The van der Waals surface area contributed by atoms with Crippen molar-refractivity contribution in [3.8, 4) is 11.5 Å². The monoisotopic (exact) mass is 852 g/mol. The Morgan fingerprint density at radius 1 is 0.733 bits per heavy atom. The molecule has 7 N–H and O–H groups in total. The summed E-state index contributed by atoms with van der Waals surface area (Å²) in [6, 6.07) is 9.64. The standard InChI is InChI=1S/C47H75F2NO10/c1-2-3-4-5-6-7-8-9-10-14-17-20-23-39(52)43(54)38(33-58-47-46(57)45(56)44(55)41(32-51)60-47)50-42(53)24-21-18-15-12-11-13-16-19-22-34-25-28-36(29-26-34)59-40-30-27-35(48)31-37(40)49/h25-31,38-39,41,43-47,51-52,54-57H,2-24,32-33H2,1H3,(H,50,53)/t38-,39+,41?,43-,44-,45?,46-,47-/m0/s1. The first kappa shape index (κ1) is 51.6. The number of nitrogens with one attached hydrogen (secondary N) is 1. The highest BCUT2D eigenvalue weighted by Crippen LogP contribution is 2.26. The van der Waals surface area contributed by atoms with Gasteiger partial charge in [-0.3, -0.25) is 4.79 Å². The minimum Gasteiger partial charge on any atom is -0.454 e. The van der Waals surface area contributed by atoms with Crippen LogP contribution in [0.25, 0.3) is 0 Å². The van der Waals surface area contributed by atoms with E-state index in [1.165, 1.54) is 57.4 Å². The van der Waals surface area contributed by atoms with Crippen molar-refractivity contribution < 1.29 is 58.4 Å². The van der Waals surface area contributed by atoms with E-state index in [9.17, 15) is 44.2 Å². The molecule has 0 saturated carbocycles. The molecule has 3 rings (SSSR count). The lowest BCUT2D eigenvalue weighted by Crippen LogP contribution is -2.60. The van der Waals surface area contributed by atoms with Crippen molar-refractivity contribution in [2.45, 2.75) is 204 Å². The second kappa shape index (κ2) is 30.3. The number of benzene rings is 2. The number of unbranched alkanes of at least 4 members (excludes halogenated alkanes) is 18. The minimum atomic E-state index is -1.63. The number of carbonyl (C=O) groups is 1. The maximum atomic E-state index is 13.9. The molecular formula is C47H75F2NO10. The van der Waals surface area contributed by atoms with E-state index in [1.807, 2.05) is 12.1 Å². The van der Waals surface area contributed by atoms with Crippen LogP contribution in [0, 0.1) is 11.6 Å². The van der Waals surface area contributed by atoms with Crippen LogP contribution < -0.4 is 10.1 Å². The summed E-state index contributed by atoms with van der Waals surface area (Å²) in [6.45, 7) is 1.26. The Labute approximate surface area is 356 Å². The van der Waals surface area contributed by atoms with Gasteiger partial charge in [-0.15, -0.1) is 0 Å². The lowest BCUT2D eigenvalue weighted by molar-refractivity contribution is -0.303. The van der Waals surface area contributed by atoms with Crippen molar-refractivity contribution in [2.75, 3.05) is 13.2 Å². The lowest BCUT2D eigenvalue weighted by Gasteiger charge is -2.40. The van der Waals surface area contributed by atoms with Crippen molar-refractivity contribution in [3.05, 3.63) is 59.7 Å². The summed E-state index contributed by atoms with van der Waals surface area (Å²) in [7, 11) is 0. The molecule has 1 aliphatic heterocycles. The van der Waals surface area contributed by atoms with Gasteiger partial charge >= 0.3 is 0 Å². The Bertz CT molecular complexity index is 1420. The maximum absolute atomic E-state index is 13.9. The Morgan fingerprint density at radius 3 is 1.88 bits per heavy atom. The average molecular weight is 852 g/mol. The van der Waals surface area contributed by atoms with Gasteiger partial charge in [0.05, 0.1) is 25.4 Å². The topological polar surface area (TPSA) is 178 Å². The van der Waals surface area contributed by atoms with Crippen LogP contribution in [0.15, 0.2) is 42.5 Å². The fourth-order valence-electron chi connectivity index (χ4n) is 7.63. The van der Waals surface area contributed by atoms with Crippen molar-refractivity contribution in [1.29, 1.82) is 0 Å². The van der Waals surface area contributed by atoms with Gasteiger partial charge in [-0.1, -0.05) is 135 Å². The average Bonchev–Trinajstić information content (AvgIpc) is 3.24. The number of carbonyl (C=O) groups excluding carboxylic acids is 1. The molecule has 11 nitrogen and oxygen atoms in total. The largest absolute Gasteiger partial charge is 0.454 e. The van der Waals surface area contributed by atoms with E-state index < -0.39 is 67.2 Å². The van der Waals surface area contributed by atoms with Gasteiger partial charge in [0.1, 0.15) is 42.1 Å². The van der Waals surface area contributed by atoms with E-state index in [-0.39, 0.29) is 24.7 Å². The molecule has 1 amide bonds. The van der Waals surface area contributed by atoms with Crippen molar-refractivity contribution >= 4 is 5.91 Å². The predicted octanol–water partition coefficient (Wildman–Crippen LogP) is 7.92. The minimum absolute atomic E-state index is 0.0228. The molecule has 0 bridgehead atoms. The third-order valence-corrected chi connectivity index (χ3v) is 11.5. The van der Waals surface area contributed by atoms with Gasteiger partial charge in [0.25, 0.3) is 0 Å². The molecule has 0 radical (unpaired) electrons. The summed E-state index contributed by atoms with van der Waals surface area (Å²) in [4.78, 5) is 13.0. The van der Waals surface area contributed by atoms with Crippen LogP contribution in [0.4, 0.5) is 8.78 Å². The zero-order valence-electron chi connectivity index (χ0n) is 35.9. The quantitative estimate of drug-likeness (QED) is 0.0349. The highest BCUT2D eigenvalue weighted by molar-refractivity contribution is 5.76. The molecule has 2 unspecified atom stereocenters. The zero-order valence-corrected chi connectivity index (χ0v) is 35.9. The lowest BCUT2D eigenvalue weighted by atomic mass is 9.98. The van der Waals surface area contributed by atoms with Crippen molar-refractivity contribution in [3.63, 3.8) is 0 Å². The Hall–Kier alpha value is -2.75.